The van der Waals surface area contributed by atoms with Gasteiger partial charge in [-0.15, -0.1) is 0 Å². The number of nitrogens with one attached hydrogen (secondary N) is 1. The van der Waals surface area contributed by atoms with Crippen LogP contribution in [-0.2, 0) is 14.3 Å². The van der Waals surface area contributed by atoms with E-state index in [0.29, 0.717) is 19.3 Å². The van der Waals surface area contributed by atoms with E-state index in [1.54, 1.807) is 0 Å². The lowest BCUT2D eigenvalue weighted by molar-refractivity contribution is -0.151. The van der Waals surface area contributed by atoms with E-state index in [2.05, 4.69) is 62.5 Å². The smallest absolute Gasteiger partial charge is 0.306 e. The first-order chi connectivity index (χ1) is 26.5. The normalized spacial score (nSPS) is 13.6. The van der Waals surface area contributed by atoms with Crippen molar-refractivity contribution in [3.63, 3.8) is 0 Å². The van der Waals surface area contributed by atoms with Gasteiger partial charge in [0.15, 0.2) is 0 Å². The Bertz CT molecular complexity index is 900. The molecule has 0 rings (SSSR count). The SMILES string of the molecule is CC/C=C/C=C/C=C/CCCCCCCCCC(=O)OC(CCCCCCCCCC)CC(=O)NC(CO)C(O)CCCCCCCCCCCCCC. The number of esters is 1. The van der Waals surface area contributed by atoms with Crippen LogP contribution in [0.25, 0.3) is 0 Å². The van der Waals surface area contributed by atoms with Crippen LogP contribution in [0.2, 0.25) is 0 Å². The van der Waals surface area contributed by atoms with Gasteiger partial charge in [0.05, 0.1) is 25.2 Å². The Kier molecular flexibility index (Phi) is 40.7. The van der Waals surface area contributed by atoms with Crippen LogP contribution in [0.15, 0.2) is 36.5 Å². The molecule has 316 valence electrons. The number of allylic oxidation sites excluding steroid dienone is 6. The second-order valence-corrected chi connectivity index (χ2v) is 15.8. The van der Waals surface area contributed by atoms with E-state index in [0.717, 1.165) is 57.8 Å². The Hall–Kier alpha value is -1.92. The first-order valence-electron chi connectivity index (χ1n) is 23.2. The molecule has 0 bridgehead atoms. The molecule has 3 unspecified atom stereocenters. The molecule has 0 aromatic carbocycles. The fourth-order valence-corrected chi connectivity index (χ4v) is 7.02. The zero-order valence-corrected chi connectivity index (χ0v) is 35.9. The zero-order chi connectivity index (χ0) is 39.6. The molecule has 54 heavy (non-hydrogen) atoms. The van der Waals surface area contributed by atoms with Crippen molar-refractivity contribution in [2.45, 2.75) is 251 Å². The number of rotatable bonds is 41. The summed E-state index contributed by atoms with van der Waals surface area (Å²) in [5.41, 5.74) is 0. The quantitative estimate of drug-likeness (QED) is 0.0328. The molecule has 0 spiro atoms. The van der Waals surface area contributed by atoms with Crippen LogP contribution in [0.5, 0.6) is 0 Å². The predicted octanol–water partition coefficient (Wildman–Crippen LogP) is 13.3. The molecule has 0 fully saturated rings. The van der Waals surface area contributed by atoms with Crippen molar-refractivity contribution in [2.75, 3.05) is 6.61 Å². The maximum atomic E-state index is 13.1. The summed E-state index contributed by atoms with van der Waals surface area (Å²) >= 11 is 0. The molecule has 6 heteroatoms. The highest BCUT2D eigenvalue weighted by Gasteiger charge is 2.24. The number of hydrogen-bond acceptors (Lipinski definition) is 5. The van der Waals surface area contributed by atoms with Crippen LogP contribution in [0.3, 0.4) is 0 Å². The molecule has 0 saturated heterocycles. The molecule has 3 atom stereocenters. The average molecular weight is 760 g/mol. The second kappa shape index (κ2) is 42.2. The van der Waals surface area contributed by atoms with Crippen molar-refractivity contribution in [1.29, 1.82) is 0 Å². The number of ether oxygens (including phenoxy) is 1. The van der Waals surface area contributed by atoms with Gasteiger partial charge >= 0.3 is 5.97 Å². The van der Waals surface area contributed by atoms with Crippen LogP contribution in [0.4, 0.5) is 0 Å². The van der Waals surface area contributed by atoms with Gasteiger partial charge in [-0.05, 0) is 44.9 Å². The standard InChI is InChI=1S/C48H89NO5/c1-4-7-10-13-16-19-21-23-24-25-27-29-32-35-38-41-48(53)54-44(39-36-33-30-18-15-12-9-6-3)42-47(52)49-45(43-50)46(51)40-37-34-31-28-26-22-20-17-14-11-8-5-2/h7,10,13,16,19,21,44-46,50-51H,4-6,8-9,11-12,14-15,17-18,20,22-43H2,1-3H3,(H,49,52)/b10-7+,16-13+,21-19+. The lowest BCUT2D eigenvalue weighted by Gasteiger charge is -2.24. The molecular formula is C48H89NO5. The molecule has 0 radical (unpaired) electrons. The monoisotopic (exact) mass is 760 g/mol. The Morgan fingerprint density at radius 1 is 0.556 bits per heavy atom. The van der Waals surface area contributed by atoms with Gasteiger partial charge in [-0.3, -0.25) is 9.59 Å². The van der Waals surface area contributed by atoms with Gasteiger partial charge in [0.2, 0.25) is 5.91 Å². The van der Waals surface area contributed by atoms with Crippen molar-refractivity contribution < 1.29 is 24.5 Å². The third-order valence-corrected chi connectivity index (χ3v) is 10.5. The maximum Gasteiger partial charge on any atom is 0.306 e. The first kappa shape index (κ1) is 52.1. The van der Waals surface area contributed by atoms with Crippen molar-refractivity contribution in [3.8, 4) is 0 Å². The van der Waals surface area contributed by atoms with Crippen molar-refractivity contribution in [3.05, 3.63) is 36.5 Å². The molecule has 0 aliphatic rings. The molecule has 0 aliphatic carbocycles. The lowest BCUT2D eigenvalue weighted by atomic mass is 10.0. The average Bonchev–Trinajstić information content (AvgIpc) is 3.16. The molecule has 0 saturated carbocycles. The molecule has 0 aromatic heterocycles. The predicted molar refractivity (Wildman–Crippen MR) is 232 cm³/mol. The summed E-state index contributed by atoms with van der Waals surface area (Å²) in [4.78, 5) is 25.9. The van der Waals surface area contributed by atoms with E-state index < -0.39 is 18.2 Å². The molecule has 1 amide bonds. The van der Waals surface area contributed by atoms with Gasteiger partial charge in [0.1, 0.15) is 6.10 Å². The molecule has 0 aliphatic heterocycles. The second-order valence-electron chi connectivity index (χ2n) is 15.8. The maximum absolute atomic E-state index is 13.1. The Morgan fingerprint density at radius 2 is 1.00 bits per heavy atom. The summed E-state index contributed by atoms with van der Waals surface area (Å²) in [6.45, 7) is 6.32. The highest BCUT2D eigenvalue weighted by molar-refractivity contribution is 5.77. The first-order valence-corrected chi connectivity index (χ1v) is 23.2. The van der Waals surface area contributed by atoms with E-state index in [1.807, 2.05) is 0 Å². The minimum Gasteiger partial charge on any atom is -0.462 e. The van der Waals surface area contributed by atoms with E-state index in [1.165, 1.54) is 128 Å². The van der Waals surface area contributed by atoms with Crippen molar-refractivity contribution >= 4 is 11.9 Å². The van der Waals surface area contributed by atoms with Crippen molar-refractivity contribution in [1.82, 2.24) is 5.32 Å². The number of carbonyl (C=O) groups is 2. The molecule has 3 N–H and O–H groups in total. The Labute approximate surface area is 334 Å². The van der Waals surface area contributed by atoms with Gasteiger partial charge < -0.3 is 20.3 Å². The third-order valence-electron chi connectivity index (χ3n) is 10.5. The van der Waals surface area contributed by atoms with Gasteiger partial charge in [0.25, 0.3) is 0 Å². The topological polar surface area (TPSA) is 95.9 Å². The number of aliphatic hydroxyl groups excluding tert-OH is 2. The number of unbranched alkanes of at least 4 members (excludes halogenated alkanes) is 25. The van der Waals surface area contributed by atoms with Crippen LogP contribution in [0, 0.1) is 0 Å². The Morgan fingerprint density at radius 3 is 1.50 bits per heavy atom. The van der Waals surface area contributed by atoms with Gasteiger partial charge in [0, 0.05) is 6.42 Å². The van der Waals surface area contributed by atoms with Crippen LogP contribution in [-0.4, -0.2) is 46.9 Å². The van der Waals surface area contributed by atoms with E-state index >= 15 is 0 Å². The minimum atomic E-state index is -0.784. The van der Waals surface area contributed by atoms with E-state index in [-0.39, 0.29) is 24.9 Å². The van der Waals surface area contributed by atoms with Gasteiger partial charge in [-0.25, -0.2) is 0 Å². The zero-order valence-electron chi connectivity index (χ0n) is 35.9. The van der Waals surface area contributed by atoms with E-state index in [4.69, 9.17) is 4.74 Å². The third kappa shape index (κ3) is 37.0. The van der Waals surface area contributed by atoms with Crippen LogP contribution < -0.4 is 5.32 Å². The summed E-state index contributed by atoms with van der Waals surface area (Å²) in [5, 5.41) is 23.6. The highest BCUT2D eigenvalue weighted by atomic mass is 16.5. The molecular weight excluding hydrogens is 671 g/mol. The molecule has 0 heterocycles. The Balaban J connectivity index is 4.48. The number of hydrogen-bond donors (Lipinski definition) is 3. The van der Waals surface area contributed by atoms with Crippen LogP contribution in [0.1, 0.15) is 233 Å². The number of carbonyl (C=O) groups excluding carboxylic acids is 2. The fraction of sp³-hybridized carbons (Fsp3) is 0.833. The van der Waals surface area contributed by atoms with Crippen molar-refractivity contribution in [2.24, 2.45) is 0 Å². The fourth-order valence-electron chi connectivity index (χ4n) is 7.02. The minimum absolute atomic E-state index is 0.0748. The number of amides is 1. The van der Waals surface area contributed by atoms with Gasteiger partial charge in [-0.1, -0.05) is 211 Å². The number of aliphatic hydroxyl groups is 2. The summed E-state index contributed by atoms with van der Waals surface area (Å²) in [7, 11) is 0. The molecule has 0 aromatic rings. The van der Waals surface area contributed by atoms with Gasteiger partial charge in [-0.2, -0.15) is 0 Å². The van der Waals surface area contributed by atoms with Crippen LogP contribution >= 0.6 is 0 Å². The summed E-state index contributed by atoms with van der Waals surface area (Å²) in [6.07, 6.45) is 47.8. The van der Waals surface area contributed by atoms with E-state index in [9.17, 15) is 19.8 Å². The lowest BCUT2D eigenvalue weighted by Crippen LogP contribution is -2.46. The highest BCUT2D eigenvalue weighted by Crippen LogP contribution is 2.18. The largest absolute Gasteiger partial charge is 0.462 e. The molecule has 6 nitrogen and oxygen atoms in total. The summed E-state index contributed by atoms with van der Waals surface area (Å²) in [5.74, 6) is -0.486. The summed E-state index contributed by atoms with van der Waals surface area (Å²) < 4.78 is 5.88. The summed E-state index contributed by atoms with van der Waals surface area (Å²) in [6, 6.07) is -0.698.